The predicted molar refractivity (Wildman–Crippen MR) is 116 cm³/mol. The van der Waals surface area contributed by atoms with E-state index in [1.807, 2.05) is 45.2 Å². The zero-order valence-electron chi connectivity index (χ0n) is 16.8. The summed E-state index contributed by atoms with van der Waals surface area (Å²) in [4.78, 5) is 17.1. The number of hydrogen-bond acceptors (Lipinski definition) is 5. The van der Waals surface area contributed by atoms with Crippen molar-refractivity contribution in [1.29, 1.82) is 0 Å². The van der Waals surface area contributed by atoms with Crippen molar-refractivity contribution < 1.29 is 14.3 Å². The van der Waals surface area contributed by atoms with E-state index in [4.69, 9.17) is 21.1 Å². The number of carbonyl (C=O) groups excluding carboxylic acids is 1. The van der Waals surface area contributed by atoms with Crippen molar-refractivity contribution in [3.8, 4) is 17.6 Å². The van der Waals surface area contributed by atoms with Gasteiger partial charge in [0.1, 0.15) is 5.75 Å². The van der Waals surface area contributed by atoms with Crippen LogP contribution in [0.3, 0.4) is 0 Å². The van der Waals surface area contributed by atoms with E-state index in [1.54, 1.807) is 13.3 Å². The Balaban J connectivity index is 2.13. The molecule has 150 valence electrons. The number of pyridine rings is 1. The fourth-order valence-electron chi connectivity index (χ4n) is 2.61. The van der Waals surface area contributed by atoms with Crippen molar-refractivity contribution in [3.05, 3.63) is 35.0 Å². The molecule has 0 fully saturated rings. The van der Waals surface area contributed by atoms with E-state index in [2.05, 4.69) is 22.1 Å². The number of nitrogens with zero attached hydrogens (tertiary/aromatic N) is 1. The minimum absolute atomic E-state index is 0.236. The van der Waals surface area contributed by atoms with Gasteiger partial charge in [-0.3, -0.25) is 9.78 Å². The Kier molecular flexibility index (Phi) is 7.99. The highest BCUT2D eigenvalue weighted by Crippen LogP contribution is 2.27. The van der Waals surface area contributed by atoms with E-state index in [0.29, 0.717) is 23.8 Å². The van der Waals surface area contributed by atoms with Gasteiger partial charge in [-0.1, -0.05) is 23.4 Å². The normalized spacial score (nSPS) is 12.2. The number of thioether (sulfide) groups is 1. The molecule has 0 aliphatic carbocycles. The zero-order valence-corrected chi connectivity index (χ0v) is 18.3. The first-order valence-corrected chi connectivity index (χ1v) is 10.5. The second-order valence-electron chi connectivity index (χ2n) is 6.81. The summed E-state index contributed by atoms with van der Waals surface area (Å²) in [6.07, 6.45) is 4.06. The molecular weight excluding hydrogens is 396 g/mol. The Morgan fingerprint density at radius 3 is 2.82 bits per heavy atom. The number of rotatable bonds is 7. The SMILES string of the molecule is COCCC#CC(C)(C)NC(=O)C(Oc1cc(C)c2ncc(Cl)cc2c1)SC. The molecule has 7 heteroatoms. The molecule has 0 spiro atoms. The number of nitrogens with one attached hydrogen (secondary N) is 1. The van der Waals surface area contributed by atoms with Gasteiger partial charge in [0.15, 0.2) is 0 Å². The molecule has 1 aromatic carbocycles. The van der Waals surface area contributed by atoms with Crippen LogP contribution in [0.2, 0.25) is 5.02 Å². The highest BCUT2D eigenvalue weighted by atomic mass is 35.5. The van der Waals surface area contributed by atoms with Crippen molar-refractivity contribution >= 4 is 40.2 Å². The average Bonchev–Trinajstić information content (AvgIpc) is 2.62. The maximum absolute atomic E-state index is 12.7. The monoisotopic (exact) mass is 420 g/mol. The third-order valence-electron chi connectivity index (χ3n) is 3.85. The summed E-state index contributed by atoms with van der Waals surface area (Å²) in [5, 5.41) is 4.35. The van der Waals surface area contributed by atoms with E-state index < -0.39 is 11.0 Å². The number of carbonyl (C=O) groups is 1. The maximum atomic E-state index is 12.7. The van der Waals surface area contributed by atoms with Crippen molar-refractivity contribution in [3.63, 3.8) is 0 Å². The lowest BCUT2D eigenvalue weighted by atomic mass is 10.1. The molecule has 1 amide bonds. The molecule has 1 unspecified atom stereocenters. The number of hydrogen-bond donors (Lipinski definition) is 1. The van der Waals surface area contributed by atoms with Crippen LogP contribution >= 0.6 is 23.4 Å². The second-order valence-corrected chi connectivity index (χ2v) is 8.15. The standard InChI is InChI=1S/C21H25ClN2O3S/c1-14-10-17(12-15-11-16(22)13-23-18(14)15)27-20(28-5)19(25)24-21(2,3)8-6-7-9-26-4/h10-13,20H,7,9H2,1-5H3,(H,24,25). The Bertz CT molecular complexity index is 906. The maximum Gasteiger partial charge on any atom is 0.272 e. The van der Waals surface area contributed by atoms with Crippen LogP contribution in [0.1, 0.15) is 25.8 Å². The van der Waals surface area contributed by atoms with Crippen LogP contribution < -0.4 is 10.1 Å². The van der Waals surface area contributed by atoms with E-state index in [9.17, 15) is 4.79 Å². The van der Waals surface area contributed by atoms with Crippen LogP contribution in [-0.2, 0) is 9.53 Å². The summed E-state index contributed by atoms with van der Waals surface area (Å²) in [6, 6.07) is 5.54. The Morgan fingerprint density at radius 1 is 1.39 bits per heavy atom. The molecule has 0 radical (unpaired) electrons. The predicted octanol–water partition coefficient (Wildman–Crippen LogP) is 4.20. The number of methoxy groups -OCH3 is 1. The topological polar surface area (TPSA) is 60.5 Å². The third-order valence-corrected chi connectivity index (χ3v) is 4.80. The highest BCUT2D eigenvalue weighted by Gasteiger charge is 2.25. The summed E-state index contributed by atoms with van der Waals surface area (Å²) in [5.41, 5.74) is 0.436. The summed E-state index contributed by atoms with van der Waals surface area (Å²) in [7, 11) is 1.63. The summed E-state index contributed by atoms with van der Waals surface area (Å²) >= 11 is 7.36. The van der Waals surface area contributed by atoms with Crippen LogP contribution in [0, 0.1) is 18.8 Å². The van der Waals surface area contributed by atoms with Gasteiger partial charge in [0.05, 0.1) is 22.7 Å². The van der Waals surface area contributed by atoms with Crippen molar-refractivity contribution in [2.75, 3.05) is 20.0 Å². The van der Waals surface area contributed by atoms with Crippen LogP contribution in [0.5, 0.6) is 5.75 Å². The van der Waals surface area contributed by atoms with Crippen LogP contribution in [0.25, 0.3) is 10.9 Å². The molecule has 1 atom stereocenters. The molecule has 0 aliphatic rings. The number of amides is 1. The van der Waals surface area contributed by atoms with E-state index in [0.717, 1.165) is 16.5 Å². The molecule has 2 aromatic rings. The zero-order chi connectivity index (χ0) is 20.7. The van der Waals surface area contributed by atoms with Gasteiger partial charge in [-0.05, 0) is 50.8 Å². The smallest absolute Gasteiger partial charge is 0.272 e. The molecule has 0 saturated carbocycles. The lowest BCUT2D eigenvalue weighted by Crippen LogP contribution is -2.47. The van der Waals surface area contributed by atoms with Crippen LogP contribution in [-0.4, -0.2) is 41.8 Å². The Labute approximate surface area is 175 Å². The number of aryl methyl sites for hydroxylation is 1. The molecule has 0 bridgehead atoms. The van der Waals surface area contributed by atoms with E-state index in [-0.39, 0.29) is 5.91 Å². The number of ether oxygens (including phenoxy) is 2. The molecule has 1 N–H and O–H groups in total. The number of benzene rings is 1. The minimum Gasteiger partial charge on any atom is -0.470 e. The number of fused-ring (bicyclic) bond motifs is 1. The molecule has 2 rings (SSSR count). The fraction of sp³-hybridized carbons (Fsp3) is 0.429. The summed E-state index contributed by atoms with van der Waals surface area (Å²) in [5.74, 6) is 6.43. The van der Waals surface area contributed by atoms with Gasteiger partial charge in [0, 0.05) is 25.1 Å². The van der Waals surface area contributed by atoms with Gasteiger partial charge >= 0.3 is 0 Å². The minimum atomic E-state index is -0.705. The first kappa shape index (κ1) is 22.4. The van der Waals surface area contributed by atoms with Crippen LogP contribution in [0.15, 0.2) is 24.4 Å². The lowest BCUT2D eigenvalue weighted by Gasteiger charge is -2.24. The summed E-state index contributed by atoms with van der Waals surface area (Å²) < 4.78 is 10.9. The molecule has 1 heterocycles. The van der Waals surface area contributed by atoms with Crippen molar-refractivity contribution in [2.24, 2.45) is 0 Å². The Morgan fingerprint density at radius 2 is 2.14 bits per heavy atom. The first-order valence-electron chi connectivity index (χ1n) is 8.82. The number of aromatic nitrogens is 1. The third kappa shape index (κ3) is 6.30. The quantitative estimate of drug-likeness (QED) is 0.413. The van der Waals surface area contributed by atoms with Crippen molar-refractivity contribution in [1.82, 2.24) is 10.3 Å². The molecule has 0 saturated heterocycles. The second kappa shape index (κ2) is 10.0. The lowest BCUT2D eigenvalue weighted by molar-refractivity contribution is -0.125. The molecule has 5 nitrogen and oxygen atoms in total. The molecule has 1 aromatic heterocycles. The summed E-state index contributed by atoms with van der Waals surface area (Å²) in [6.45, 7) is 6.22. The van der Waals surface area contributed by atoms with Gasteiger partial charge in [0.25, 0.3) is 5.91 Å². The average molecular weight is 421 g/mol. The van der Waals surface area contributed by atoms with Gasteiger partial charge in [-0.15, -0.1) is 11.8 Å². The molecule has 28 heavy (non-hydrogen) atoms. The van der Waals surface area contributed by atoms with Gasteiger partial charge < -0.3 is 14.8 Å². The largest absolute Gasteiger partial charge is 0.470 e. The Hall–Kier alpha value is -1.94. The van der Waals surface area contributed by atoms with Crippen LogP contribution in [0.4, 0.5) is 0 Å². The fourth-order valence-corrected chi connectivity index (χ4v) is 3.25. The van der Waals surface area contributed by atoms with Gasteiger partial charge in [-0.2, -0.15) is 0 Å². The number of halogens is 1. The van der Waals surface area contributed by atoms with Gasteiger partial charge in [0.2, 0.25) is 5.44 Å². The molecule has 0 aliphatic heterocycles. The van der Waals surface area contributed by atoms with E-state index in [1.165, 1.54) is 11.8 Å². The highest BCUT2D eigenvalue weighted by molar-refractivity contribution is 7.99. The first-order chi connectivity index (χ1) is 13.3. The molecular formula is C21H25ClN2O3S. The van der Waals surface area contributed by atoms with E-state index >= 15 is 0 Å². The van der Waals surface area contributed by atoms with Gasteiger partial charge in [-0.25, -0.2) is 0 Å². The van der Waals surface area contributed by atoms with Crippen molar-refractivity contribution in [2.45, 2.75) is 38.2 Å².